The van der Waals surface area contributed by atoms with Crippen molar-refractivity contribution in [3.63, 3.8) is 0 Å². The Bertz CT molecular complexity index is 781. The average molecular weight is 401 g/mol. The van der Waals surface area contributed by atoms with Crippen molar-refractivity contribution in [3.05, 3.63) is 48.5 Å². The Balaban J connectivity index is 0.000000345. The molecule has 156 valence electrons. The number of carboxylic acids is 1. The van der Waals surface area contributed by atoms with Crippen molar-refractivity contribution in [3.8, 4) is 0 Å². The zero-order chi connectivity index (χ0) is 21.8. The lowest BCUT2D eigenvalue weighted by molar-refractivity contribution is -0.147. The van der Waals surface area contributed by atoms with E-state index in [1.165, 1.54) is 10.8 Å². The third kappa shape index (κ3) is 10.0. The number of carbonyl (C=O) groups is 4. The average Bonchev–Trinajstić information content (AvgIpc) is 2.65. The van der Waals surface area contributed by atoms with Gasteiger partial charge < -0.3 is 15.2 Å². The molecule has 0 aliphatic carbocycles. The van der Waals surface area contributed by atoms with Crippen LogP contribution in [0.4, 0.5) is 0 Å². The first-order valence-corrected chi connectivity index (χ1v) is 9.30. The summed E-state index contributed by atoms with van der Waals surface area (Å²) in [6.07, 6.45) is -0.346. The monoisotopic (exact) mass is 401 g/mol. The summed E-state index contributed by atoms with van der Waals surface area (Å²) in [4.78, 5) is 44.4. The van der Waals surface area contributed by atoms with Crippen molar-refractivity contribution in [1.29, 1.82) is 0 Å². The number of benzene rings is 2. The number of hydrogen-bond donors (Lipinski definition) is 2. The van der Waals surface area contributed by atoms with Gasteiger partial charge in [-0.05, 0) is 16.7 Å². The fourth-order valence-corrected chi connectivity index (χ4v) is 2.45. The maximum Gasteiger partial charge on any atom is 0.305 e. The van der Waals surface area contributed by atoms with Gasteiger partial charge in [0.05, 0.1) is 6.42 Å². The highest BCUT2D eigenvalue weighted by Crippen LogP contribution is 2.11. The van der Waals surface area contributed by atoms with E-state index in [-0.39, 0.29) is 12.3 Å². The summed E-state index contributed by atoms with van der Waals surface area (Å²) in [5.74, 6) is -2.82. The number of esters is 1. The molecule has 0 aromatic heterocycles. The van der Waals surface area contributed by atoms with E-state index in [1.54, 1.807) is 0 Å². The Morgan fingerprint density at radius 3 is 1.79 bits per heavy atom. The second-order valence-electron chi connectivity index (χ2n) is 6.91. The molecule has 2 N–H and O–H groups in total. The second-order valence-corrected chi connectivity index (χ2v) is 6.91. The first-order valence-electron chi connectivity index (χ1n) is 9.30. The van der Waals surface area contributed by atoms with Crippen LogP contribution in [0.25, 0.3) is 10.8 Å². The molecule has 7 heteroatoms. The minimum Gasteiger partial charge on any atom is -0.481 e. The van der Waals surface area contributed by atoms with Crippen LogP contribution >= 0.6 is 0 Å². The third-order valence-corrected chi connectivity index (χ3v) is 3.77. The lowest BCUT2D eigenvalue weighted by Crippen LogP contribution is -2.44. The summed E-state index contributed by atoms with van der Waals surface area (Å²) in [6.45, 7) is 4.24. The number of amides is 1. The normalized spacial score (nSPS) is 11.2. The number of nitrogens with one attached hydrogen (secondary N) is 1. The van der Waals surface area contributed by atoms with Gasteiger partial charge in [-0.2, -0.15) is 0 Å². The van der Waals surface area contributed by atoms with Crippen LogP contribution in [-0.4, -0.2) is 41.4 Å². The molecule has 0 spiro atoms. The minimum atomic E-state index is -1.22. The molecule has 2 aromatic rings. The summed E-state index contributed by atoms with van der Waals surface area (Å²) in [6, 6.07) is 15.5. The number of ether oxygens (including phenoxy) is 1. The van der Waals surface area contributed by atoms with Gasteiger partial charge in [-0.25, -0.2) is 0 Å². The number of rotatable bonds is 8. The number of Topliss-reactive ketones (excluding diaryl/α,β-unsaturated/α-hetero) is 1. The highest BCUT2D eigenvalue weighted by molar-refractivity contribution is 5.93. The van der Waals surface area contributed by atoms with E-state index in [4.69, 9.17) is 5.11 Å². The van der Waals surface area contributed by atoms with Crippen molar-refractivity contribution in [2.75, 3.05) is 6.61 Å². The zero-order valence-corrected chi connectivity index (χ0v) is 16.9. The van der Waals surface area contributed by atoms with Crippen LogP contribution in [0.5, 0.6) is 0 Å². The Labute approximate surface area is 170 Å². The van der Waals surface area contributed by atoms with Gasteiger partial charge in [0.25, 0.3) is 0 Å². The van der Waals surface area contributed by atoms with Gasteiger partial charge in [-0.3, -0.25) is 19.2 Å². The van der Waals surface area contributed by atoms with E-state index in [2.05, 4.69) is 58.6 Å². The van der Waals surface area contributed by atoms with E-state index in [0.717, 1.165) is 6.92 Å². The Morgan fingerprint density at radius 2 is 1.41 bits per heavy atom. The van der Waals surface area contributed by atoms with Crippen LogP contribution in [0.1, 0.15) is 33.6 Å². The van der Waals surface area contributed by atoms with Gasteiger partial charge in [0.2, 0.25) is 5.91 Å². The summed E-state index contributed by atoms with van der Waals surface area (Å²) in [5, 5.41) is 13.7. The van der Waals surface area contributed by atoms with E-state index in [0.29, 0.717) is 0 Å². The highest BCUT2D eigenvalue weighted by atomic mass is 16.5. The van der Waals surface area contributed by atoms with E-state index in [1.807, 2.05) is 13.8 Å². The molecular formula is C22H27NO6. The van der Waals surface area contributed by atoms with Crippen molar-refractivity contribution in [2.45, 2.75) is 39.7 Å². The van der Waals surface area contributed by atoms with Crippen LogP contribution in [0, 0.1) is 5.92 Å². The maximum absolute atomic E-state index is 11.6. The fourth-order valence-electron chi connectivity index (χ4n) is 2.45. The van der Waals surface area contributed by atoms with Crippen LogP contribution in [0.3, 0.4) is 0 Å². The van der Waals surface area contributed by atoms with Crippen LogP contribution < -0.4 is 5.32 Å². The predicted molar refractivity (Wildman–Crippen MR) is 109 cm³/mol. The summed E-state index contributed by atoms with van der Waals surface area (Å²) in [5.41, 5.74) is 0. The van der Waals surface area contributed by atoms with Gasteiger partial charge in [0.15, 0.2) is 12.4 Å². The molecule has 7 nitrogen and oxygen atoms in total. The maximum atomic E-state index is 11.6. The summed E-state index contributed by atoms with van der Waals surface area (Å²) >= 11 is 0. The molecule has 1 atom stereocenters. The number of hydrogen-bond acceptors (Lipinski definition) is 5. The number of carboxylic acid groups (broad SMARTS) is 1. The number of fused-ring (bicyclic) bond motifs is 1. The molecule has 0 aliphatic heterocycles. The lowest BCUT2D eigenvalue weighted by Gasteiger charge is -2.16. The number of ketones is 1. The quantitative estimate of drug-likeness (QED) is 0.658. The van der Waals surface area contributed by atoms with Gasteiger partial charge in [0, 0.05) is 13.3 Å². The van der Waals surface area contributed by atoms with Gasteiger partial charge in [-0.1, -0.05) is 62.4 Å². The van der Waals surface area contributed by atoms with Gasteiger partial charge in [-0.15, -0.1) is 0 Å². The van der Waals surface area contributed by atoms with Crippen molar-refractivity contribution in [2.24, 2.45) is 5.92 Å². The van der Waals surface area contributed by atoms with Crippen LogP contribution in [-0.2, 0) is 23.9 Å². The first-order chi connectivity index (χ1) is 13.7. The summed E-state index contributed by atoms with van der Waals surface area (Å²) in [7, 11) is 0. The second kappa shape index (κ2) is 12.3. The van der Waals surface area contributed by atoms with E-state index in [9.17, 15) is 19.2 Å². The zero-order valence-electron chi connectivity index (χ0n) is 16.9. The Morgan fingerprint density at radius 1 is 0.931 bits per heavy atom. The molecule has 1 unspecified atom stereocenters. The molecule has 0 saturated carbocycles. The van der Waals surface area contributed by atoms with E-state index < -0.39 is 42.7 Å². The fraction of sp³-hybridized carbons (Fsp3) is 0.364. The largest absolute Gasteiger partial charge is 0.481 e. The SMILES string of the molecule is CC(=O)OCC(=O)C(CC(=O)O)NC(=O)CC(C)C.c1ccc2ccccc2c1. The third-order valence-electron chi connectivity index (χ3n) is 3.77. The van der Waals surface area contributed by atoms with Gasteiger partial charge in [0.1, 0.15) is 6.04 Å². The van der Waals surface area contributed by atoms with Crippen LogP contribution in [0.15, 0.2) is 48.5 Å². The Hall–Kier alpha value is -3.22. The smallest absolute Gasteiger partial charge is 0.305 e. The molecular weight excluding hydrogens is 374 g/mol. The van der Waals surface area contributed by atoms with Crippen LogP contribution in [0.2, 0.25) is 0 Å². The van der Waals surface area contributed by atoms with Crippen molar-refractivity contribution >= 4 is 34.4 Å². The minimum absolute atomic E-state index is 0.0917. The first kappa shape index (κ1) is 23.8. The van der Waals surface area contributed by atoms with Crippen molar-refractivity contribution < 1.29 is 29.0 Å². The molecule has 2 aromatic carbocycles. The predicted octanol–water partition coefficient (Wildman–Crippen LogP) is 2.96. The number of carbonyl (C=O) groups excluding carboxylic acids is 3. The molecule has 2 rings (SSSR count). The number of aliphatic carboxylic acids is 1. The molecule has 1 amide bonds. The topological polar surface area (TPSA) is 110 Å². The molecule has 0 aliphatic rings. The molecule has 29 heavy (non-hydrogen) atoms. The van der Waals surface area contributed by atoms with Crippen molar-refractivity contribution in [1.82, 2.24) is 5.32 Å². The summed E-state index contributed by atoms with van der Waals surface area (Å²) < 4.78 is 4.50. The molecule has 0 radical (unpaired) electrons. The Kier molecular flexibility index (Phi) is 10.1. The standard InChI is InChI=1S/C12H19NO6.C10H8/c1-7(2)4-11(16)13-9(5-12(17)18)10(15)6-19-8(3)14;1-2-6-10-8-4-3-7-9(10)5-1/h7,9H,4-6H2,1-3H3,(H,13,16)(H,17,18);1-8H. The highest BCUT2D eigenvalue weighted by Gasteiger charge is 2.24. The molecule has 0 heterocycles. The van der Waals surface area contributed by atoms with E-state index >= 15 is 0 Å². The van der Waals surface area contributed by atoms with Gasteiger partial charge >= 0.3 is 11.9 Å². The lowest BCUT2D eigenvalue weighted by atomic mass is 10.1. The molecule has 0 saturated heterocycles. The molecule has 0 bridgehead atoms. The molecule has 0 fully saturated rings.